The van der Waals surface area contributed by atoms with E-state index in [9.17, 15) is 8.78 Å². The lowest BCUT2D eigenvalue weighted by Crippen LogP contribution is -2.48. The van der Waals surface area contributed by atoms with Crippen molar-refractivity contribution in [2.45, 2.75) is 51.8 Å². The van der Waals surface area contributed by atoms with Crippen LogP contribution in [0.4, 0.5) is 8.78 Å². The molecule has 0 aliphatic carbocycles. The van der Waals surface area contributed by atoms with Crippen molar-refractivity contribution in [1.29, 1.82) is 0 Å². The first-order valence-corrected chi connectivity index (χ1v) is 7.65. The average molecular weight is 314 g/mol. The molecule has 1 unspecified atom stereocenters. The molecule has 22 heavy (non-hydrogen) atoms. The number of alkyl halides is 2. The molecule has 5 heteroatoms. The zero-order valence-corrected chi connectivity index (χ0v) is 14.2. The minimum absolute atomic E-state index is 0.114. The zero-order valence-electron chi connectivity index (χ0n) is 14.2. The molecule has 0 saturated heterocycles. The smallest absolute Gasteiger partial charge is 0.387 e. The third kappa shape index (κ3) is 6.71. The fraction of sp³-hybridized carbons (Fsp3) is 0.647. The Kier molecular flexibility index (Phi) is 7.23. The van der Waals surface area contributed by atoms with E-state index in [4.69, 9.17) is 0 Å². The summed E-state index contributed by atoms with van der Waals surface area (Å²) in [6.45, 7) is 4.72. The molecule has 0 heterocycles. The predicted octanol–water partition coefficient (Wildman–Crippen LogP) is 3.54. The highest BCUT2D eigenvalue weighted by Crippen LogP contribution is 2.16. The molecule has 0 amide bonds. The summed E-state index contributed by atoms with van der Waals surface area (Å²) in [6.07, 6.45) is 1.91. The Morgan fingerprint density at radius 1 is 1.18 bits per heavy atom. The van der Waals surface area contributed by atoms with Gasteiger partial charge in [-0.15, -0.1) is 0 Å². The van der Waals surface area contributed by atoms with E-state index in [1.165, 1.54) is 0 Å². The molecule has 0 aromatic heterocycles. The van der Waals surface area contributed by atoms with E-state index < -0.39 is 6.61 Å². The van der Waals surface area contributed by atoms with E-state index in [0.29, 0.717) is 6.04 Å². The van der Waals surface area contributed by atoms with Crippen molar-refractivity contribution >= 4 is 0 Å². The summed E-state index contributed by atoms with van der Waals surface area (Å²) >= 11 is 0. The maximum absolute atomic E-state index is 12.1. The van der Waals surface area contributed by atoms with Crippen LogP contribution < -0.4 is 10.1 Å². The quantitative estimate of drug-likeness (QED) is 0.754. The number of rotatable bonds is 9. The van der Waals surface area contributed by atoms with Crippen molar-refractivity contribution in [2.24, 2.45) is 0 Å². The lowest BCUT2D eigenvalue weighted by molar-refractivity contribution is -0.0498. The van der Waals surface area contributed by atoms with Gasteiger partial charge in [-0.3, -0.25) is 0 Å². The molecule has 0 saturated carbocycles. The number of halogens is 2. The summed E-state index contributed by atoms with van der Waals surface area (Å²) in [7, 11) is 4.16. The van der Waals surface area contributed by atoms with Crippen LogP contribution in [-0.4, -0.2) is 43.7 Å². The van der Waals surface area contributed by atoms with Crippen LogP contribution >= 0.6 is 0 Å². The lowest BCUT2D eigenvalue weighted by atomic mass is 10.0. The number of likely N-dealkylation sites (N-methyl/N-ethyl adjacent to an activating group) is 1. The summed E-state index contributed by atoms with van der Waals surface area (Å²) in [4.78, 5) is 2.20. The molecule has 3 nitrogen and oxygen atoms in total. The van der Waals surface area contributed by atoms with Crippen LogP contribution in [0.1, 0.15) is 32.8 Å². The van der Waals surface area contributed by atoms with Crippen molar-refractivity contribution in [3.63, 3.8) is 0 Å². The van der Waals surface area contributed by atoms with Gasteiger partial charge >= 0.3 is 6.61 Å². The number of nitrogens with one attached hydrogen (secondary N) is 1. The van der Waals surface area contributed by atoms with Crippen molar-refractivity contribution in [3.05, 3.63) is 29.8 Å². The summed E-state index contributed by atoms with van der Waals surface area (Å²) in [5, 5.41) is 3.55. The third-order valence-corrected chi connectivity index (χ3v) is 4.11. The van der Waals surface area contributed by atoms with Gasteiger partial charge in [-0.05, 0) is 65.4 Å². The van der Waals surface area contributed by atoms with E-state index in [1.54, 1.807) is 12.1 Å². The van der Waals surface area contributed by atoms with E-state index in [2.05, 4.69) is 49.8 Å². The molecule has 1 aromatic carbocycles. The minimum Gasteiger partial charge on any atom is -0.435 e. The number of hydrogen-bond donors (Lipinski definition) is 1. The first-order chi connectivity index (χ1) is 10.2. The zero-order chi connectivity index (χ0) is 16.8. The predicted molar refractivity (Wildman–Crippen MR) is 86.6 cm³/mol. The Hall–Kier alpha value is -1.20. The topological polar surface area (TPSA) is 24.5 Å². The monoisotopic (exact) mass is 314 g/mol. The maximum Gasteiger partial charge on any atom is 0.387 e. The van der Waals surface area contributed by atoms with Crippen LogP contribution in [0.2, 0.25) is 0 Å². The second-order valence-corrected chi connectivity index (χ2v) is 6.55. The summed E-state index contributed by atoms with van der Waals surface area (Å²) in [6, 6.07) is 7.27. The summed E-state index contributed by atoms with van der Waals surface area (Å²) in [5.74, 6) is 0.206. The van der Waals surface area contributed by atoms with E-state index in [0.717, 1.165) is 24.9 Å². The molecule has 0 aliphatic rings. The van der Waals surface area contributed by atoms with Gasteiger partial charge in [-0.1, -0.05) is 12.1 Å². The third-order valence-electron chi connectivity index (χ3n) is 4.11. The van der Waals surface area contributed by atoms with Crippen molar-refractivity contribution in [3.8, 4) is 5.75 Å². The largest absolute Gasteiger partial charge is 0.435 e. The second kappa shape index (κ2) is 8.44. The van der Waals surface area contributed by atoms with Gasteiger partial charge in [-0.25, -0.2) is 0 Å². The van der Waals surface area contributed by atoms with Crippen LogP contribution in [0.5, 0.6) is 5.75 Å². The van der Waals surface area contributed by atoms with Crippen LogP contribution in [-0.2, 0) is 6.42 Å². The van der Waals surface area contributed by atoms with Crippen LogP contribution in [0, 0.1) is 0 Å². The van der Waals surface area contributed by atoms with Gasteiger partial charge in [-0.2, -0.15) is 8.78 Å². The number of hydrogen-bond acceptors (Lipinski definition) is 3. The van der Waals surface area contributed by atoms with Gasteiger partial charge in [0, 0.05) is 18.1 Å². The number of nitrogens with zero attached hydrogens (tertiary/aromatic N) is 1. The minimum atomic E-state index is -2.77. The summed E-state index contributed by atoms with van der Waals surface area (Å²) in [5.41, 5.74) is 1.24. The Labute approximate surface area is 132 Å². The molecular formula is C17H28F2N2O. The van der Waals surface area contributed by atoms with E-state index >= 15 is 0 Å². The Morgan fingerprint density at radius 2 is 1.77 bits per heavy atom. The lowest BCUT2D eigenvalue weighted by Gasteiger charge is -2.34. The standard InChI is InChI=1S/C17H28F2N2O/c1-13(20-12-17(2,3)21(4)5)6-7-14-8-10-15(11-9-14)22-16(18)19/h8-11,13,16,20H,6-7,12H2,1-5H3. The van der Waals surface area contributed by atoms with Gasteiger partial charge in [0.1, 0.15) is 5.75 Å². The Balaban J connectivity index is 2.36. The van der Waals surface area contributed by atoms with Crippen molar-refractivity contribution < 1.29 is 13.5 Å². The maximum atomic E-state index is 12.1. The van der Waals surface area contributed by atoms with Crippen molar-refractivity contribution in [1.82, 2.24) is 10.2 Å². The fourth-order valence-corrected chi connectivity index (χ4v) is 1.90. The first-order valence-electron chi connectivity index (χ1n) is 7.65. The highest BCUT2D eigenvalue weighted by molar-refractivity contribution is 5.27. The molecule has 1 N–H and O–H groups in total. The fourth-order valence-electron chi connectivity index (χ4n) is 1.90. The molecule has 0 radical (unpaired) electrons. The molecule has 0 spiro atoms. The molecular weight excluding hydrogens is 286 g/mol. The van der Waals surface area contributed by atoms with Crippen LogP contribution in [0.25, 0.3) is 0 Å². The van der Waals surface area contributed by atoms with Gasteiger partial charge in [0.2, 0.25) is 0 Å². The summed E-state index contributed by atoms with van der Waals surface area (Å²) < 4.78 is 28.5. The highest BCUT2D eigenvalue weighted by atomic mass is 19.3. The van der Waals surface area contributed by atoms with Gasteiger partial charge in [0.25, 0.3) is 0 Å². The molecule has 0 aliphatic heterocycles. The first kappa shape index (κ1) is 18.8. The van der Waals surface area contributed by atoms with E-state index in [-0.39, 0.29) is 11.3 Å². The van der Waals surface area contributed by atoms with Gasteiger partial charge in [0.15, 0.2) is 0 Å². The number of aryl methyl sites for hydroxylation is 1. The Morgan fingerprint density at radius 3 is 2.27 bits per heavy atom. The normalized spacial score (nSPS) is 13.7. The molecule has 1 atom stereocenters. The second-order valence-electron chi connectivity index (χ2n) is 6.55. The van der Waals surface area contributed by atoms with E-state index in [1.807, 2.05) is 12.1 Å². The molecule has 0 fully saturated rings. The van der Waals surface area contributed by atoms with Crippen LogP contribution in [0.3, 0.4) is 0 Å². The molecule has 1 aromatic rings. The average Bonchev–Trinajstić information content (AvgIpc) is 2.43. The number of ether oxygens (including phenoxy) is 1. The van der Waals surface area contributed by atoms with Gasteiger partial charge in [0.05, 0.1) is 0 Å². The molecule has 1 rings (SSSR count). The van der Waals surface area contributed by atoms with Gasteiger partial charge < -0.3 is 15.0 Å². The molecule has 126 valence electrons. The van der Waals surface area contributed by atoms with Crippen LogP contribution in [0.15, 0.2) is 24.3 Å². The number of benzene rings is 1. The Bertz CT molecular complexity index is 433. The SMILES string of the molecule is CC(CCc1ccc(OC(F)F)cc1)NCC(C)(C)N(C)C. The van der Waals surface area contributed by atoms with Crippen molar-refractivity contribution in [2.75, 3.05) is 20.6 Å². The molecule has 0 bridgehead atoms. The highest BCUT2D eigenvalue weighted by Gasteiger charge is 2.20.